The van der Waals surface area contributed by atoms with Crippen molar-refractivity contribution in [2.75, 3.05) is 26.4 Å². The molecule has 0 fully saturated rings. The van der Waals surface area contributed by atoms with Gasteiger partial charge in [0.15, 0.2) is 14.5 Å². The average molecular weight is 418 g/mol. The minimum atomic E-state index is -2.07. The molecule has 1 amide bonds. The molecule has 160 valence electrons. The van der Waals surface area contributed by atoms with Crippen molar-refractivity contribution in [2.24, 2.45) is 5.73 Å². The van der Waals surface area contributed by atoms with Crippen molar-refractivity contribution in [1.29, 1.82) is 0 Å². The molecule has 0 bridgehead atoms. The van der Waals surface area contributed by atoms with Crippen LogP contribution in [0.2, 0.25) is 18.1 Å². The molecule has 1 heterocycles. The maximum absolute atomic E-state index is 12.1. The van der Waals surface area contributed by atoms with Gasteiger partial charge in [0.1, 0.15) is 12.7 Å². The first-order chi connectivity index (χ1) is 12.9. The number of hydrogen-bond donors (Lipinski definition) is 3. The van der Waals surface area contributed by atoms with Gasteiger partial charge in [0, 0.05) is 12.3 Å². The van der Waals surface area contributed by atoms with Crippen LogP contribution >= 0.6 is 0 Å². The number of carbonyl (C=O) groups is 1. The Balaban J connectivity index is 2.94. The summed E-state index contributed by atoms with van der Waals surface area (Å²) in [5, 5.41) is 9.68. The van der Waals surface area contributed by atoms with E-state index in [0.29, 0.717) is 0 Å². The number of H-pyrrole nitrogens is 1. The lowest BCUT2D eigenvalue weighted by Crippen LogP contribution is -2.44. The Morgan fingerprint density at radius 1 is 1.32 bits per heavy atom. The SMILES string of the molecule is CC(C)(C)[Si](C)(C)OC[C@@H](CO)O[C@H](COCC(N)=O)n1ccc(=O)[nH]c1=O. The normalized spacial score (nSPS) is 14.6. The van der Waals surface area contributed by atoms with Crippen molar-refractivity contribution in [3.05, 3.63) is 33.1 Å². The second-order valence-corrected chi connectivity index (χ2v) is 12.8. The largest absolute Gasteiger partial charge is 0.414 e. The van der Waals surface area contributed by atoms with Crippen molar-refractivity contribution in [1.82, 2.24) is 9.55 Å². The molecule has 11 heteroatoms. The zero-order valence-electron chi connectivity index (χ0n) is 17.1. The van der Waals surface area contributed by atoms with Crippen LogP contribution in [0.1, 0.15) is 27.0 Å². The van der Waals surface area contributed by atoms with Gasteiger partial charge in [0.25, 0.3) is 5.56 Å². The standard InChI is InChI=1S/C17H31N3O7Si/c1-17(2,3)28(4,5)26-9-12(8-21)27-15(11-25-10-13(18)22)20-7-6-14(23)19-16(20)24/h6-7,12,15,21H,8-11H2,1-5H3,(H2,18,22)(H,19,23,24)/t12-,15-/m1/s1. The Kier molecular flexibility index (Phi) is 8.76. The molecule has 0 aliphatic carbocycles. The van der Waals surface area contributed by atoms with Crippen LogP contribution in [0.15, 0.2) is 21.9 Å². The summed E-state index contributed by atoms with van der Waals surface area (Å²) in [6.07, 6.45) is -0.484. The summed E-state index contributed by atoms with van der Waals surface area (Å²) in [5.41, 5.74) is 3.79. The summed E-state index contributed by atoms with van der Waals surface area (Å²) in [4.78, 5) is 36.4. The second-order valence-electron chi connectivity index (χ2n) is 7.97. The highest BCUT2D eigenvalue weighted by atomic mass is 28.4. The van der Waals surface area contributed by atoms with Crippen molar-refractivity contribution in [2.45, 2.75) is 51.2 Å². The molecule has 2 atom stereocenters. The minimum Gasteiger partial charge on any atom is -0.414 e. The van der Waals surface area contributed by atoms with Crippen LogP contribution in [-0.4, -0.2) is 61.4 Å². The summed E-state index contributed by atoms with van der Waals surface area (Å²) in [6.45, 7) is 9.64. The number of nitrogens with one attached hydrogen (secondary N) is 1. The summed E-state index contributed by atoms with van der Waals surface area (Å²) in [5.74, 6) is -0.674. The summed E-state index contributed by atoms with van der Waals surface area (Å²) >= 11 is 0. The first-order valence-electron chi connectivity index (χ1n) is 8.95. The van der Waals surface area contributed by atoms with E-state index in [1.165, 1.54) is 6.20 Å². The van der Waals surface area contributed by atoms with Gasteiger partial charge in [-0.3, -0.25) is 19.1 Å². The Morgan fingerprint density at radius 3 is 2.46 bits per heavy atom. The second kappa shape index (κ2) is 10.1. The van der Waals surface area contributed by atoms with Gasteiger partial charge >= 0.3 is 5.69 Å². The molecule has 0 saturated carbocycles. The van der Waals surface area contributed by atoms with Gasteiger partial charge in [-0.05, 0) is 18.1 Å². The van der Waals surface area contributed by atoms with E-state index in [-0.39, 0.29) is 31.5 Å². The molecule has 0 aliphatic rings. The number of ether oxygens (including phenoxy) is 2. The van der Waals surface area contributed by atoms with E-state index < -0.39 is 37.8 Å². The van der Waals surface area contributed by atoms with Crippen LogP contribution in [0.3, 0.4) is 0 Å². The number of nitrogens with two attached hydrogens (primary N) is 1. The van der Waals surface area contributed by atoms with E-state index in [2.05, 4.69) is 38.8 Å². The molecule has 0 spiro atoms. The lowest BCUT2D eigenvalue weighted by molar-refractivity contribution is -0.135. The smallest absolute Gasteiger partial charge is 0.330 e. The molecule has 28 heavy (non-hydrogen) atoms. The number of carbonyl (C=O) groups excluding carboxylic acids is 1. The van der Waals surface area contributed by atoms with Gasteiger partial charge in [0.2, 0.25) is 5.91 Å². The van der Waals surface area contributed by atoms with Gasteiger partial charge in [-0.25, -0.2) is 4.79 Å². The number of hydrogen-bond acceptors (Lipinski definition) is 7. The fraction of sp³-hybridized carbons (Fsp3) is 0.706. The van der Waals surface area contributed by atoms with Crippen LogP contribution < -0.4 is 17.0 Å². The van der Waals surface area contributed by atoms with E-state index in [4.69, 9.17) is 19.6 Å². The molecule has 1 aromatic rings. The molecular formula is C17H31N3O7Si. The van der Waals surface area contributed by atoms with E-state index in [0.717, 1.165) is 10.6 Å². The highest BCUT2D eigenvalue weighted by molar-refractivity contribution is 6.74. The quantitative estimate of drug-likeness (QED) is 0.427. The molecule has 0 aromatic carbocycles. The predicted octanol–water partition coefficient (Wildman–Crippen LogP) is -0.0636. The van der Waals surface area contributed by atoms with Crippen molar-refractivity contribution in [3.8, 4) is 0 Å². The molecule has 0 unspecified atom stereocenters. The van der Waals surface area contributed by atoms with E-state index in [1.54, 1.807) is 0 Å². The Labute approximate surface area is 164 Å². The molecule has 4 N–H and O–H groups in total. The fourth-order valence-electron chi connectivity index (χ4n) is 1.97. The van der Waals surface area contributed by atoms with Crippen LogP contribution in [-0.2, 0) is 18.7 Å². The monoisotopic (exact) mass is 417 g/mol. The fourth-order valence-corrected chi connectivity index (χ4v) is 3.01. The number of primary amides is 1. The van der Waals surface area contributed by atoms with Crippen molar-refractivity contribution in [3.63, 3.8) is 0 Å². The zero-order valence-corrected chi connectivity index (χ0v) is 18.1. The molecule has 1 aromatic heterocycles. The van der Waals surface area contributed by atoms with Crippen molar-refractivity contribution >= 4 is 14.2 Å². The highest BCUT2D eigenvalue weighted by Gasteiger charge is 2.37. The number of rotatable bonds is 11. The van der Waals surface area contributed by atoms with Gasteiger partial charge in [-0.2, -0.15) is 0 Å². The average Bonchev–Trinajstić information content (AvgIpc) is 2.56. The third-order valence-electron chi connectivity index (χ3n) is 4.66. The van der Waals surface area contributed by atoms with Gasteiger partial charge in [-0.1, -0.05) is 20.8 Å². The third-order valence-corrected chi connectivity index (χ3v) is 9.16. The Hall–Kier alpha value is -1.79. The van der Waals surface area contributed by atoms with Crippen molar-refractivity contribution < 1.29 is 23.8 Å². The molecule has 1 rings (SSSR count). The summed E-state index contributed by atoms with van der Waals surface area (Å²) < 4.78 is 18.2. The van der Waals surface area contributed by atoms with Crippen LogP contribution in [0.5, 0.6) is 0 Å². The van der Waals surface area contributed by atoms with E-state index in [9.17, 15) is 19.5 Å². The predicted molar refractivity (Wildman–Crippen MR) is 105 cm³/mol. The summed E-state index contributed by atoms with van der Waals surface area (Å²) in [7, 11) is -2.07. The number of aromatic nitrogens is 2. The summed E-state index contributed by atoms with van der Waals surface area (Å²) in [6, 6.07) is 1.16. The molecule has 0 radical (unpaired) electrons. The number of amides is 1. The van der Waals surface area contributed by atoms with Gasteiger partial charge in [0.05, 0.1) is 19.8 Å². The third kappa shape index (κ3) is 7.32. The highest BCUT2D eigenvalue weighted by Crippen LogP contribution is 2.36. The Morgan fingerprint density at radius 2 is 1.96 bits per heavy atom. The van der Waals surface area contributed by atoms with Crippen LogP contribution in [0, 0.1) is 0 Å². The van der Waals surface area contributed by atoms with E-state index >= 15 is 0 Å². The first-order valence-corrected chi connectivity index (χ1v) is 11.9. The zero-order chi connectivity index (χ0) is 21.5. The molecule has 0 saturated heterocycles. The molecule has 0 aliphatic heterocycles. The lowest BCUT2D eigenvalue weighted by Gasteiger charge is -2.37. The van der Waals surface area contributed by atoms with Gasteiger partial charge in [-0.15, -0.1) is 0 Å². The molecular weight excluding hydrogens is 386 g/mol. The Bertz CT molecular complexity index is 754. The number of aromatic amines is 1. The molecule has 10 nitrogen and oxygen atoms in total. The van der Waals surface area contributed by atoms with E-state index in [1.807, 2.05) is 0 Å². The maximum atomic E-state index is 12.1. The van der Waals surface area contributed by atoms with Crippen LogP contribution in [0.4, 0.5) is 0 Å². The number of aliphatic hydroxyl groups excluding tert-OH is 1. The topological polar surface area (TPSA) is 146 Å². The van der Waals surface area contributed by atoms with Gasteiger partial charge < -0.3 is 24.7 Å². The lowest BCUT2D eigenvalue weighted by atomic mass is 10.2. The first kappa shape index (κ1) is 24.2. The van der Waals surface area contributed by atoms with Crippen LogP contribution in [0.25, 0.3) is 0 Å². The minimum absolute atomic E-state index is 0.0210. The number of nitrogens with zero attached hydrogens (tertiary/aromatic N) is 1. The number of aliphatic hydroxyl groups is 1. The maximum Gasteiger partial charge on any atom is 0.330 e.